The standard InChI is InChI=1S/C12H9IN2/c1-15-11-9-5-3-2-4-8(9)6-7-10(11)14-12(15)13/h2-7H,1H3. The molecule has 2 aromatic carbocycles. The Morgan fingerprint density at radius 1 is 1.13 bits per heavy atom. The molecule has 0 amide bonds. The number of aryl methyl sites for hydroxylation is 1. The maximum absolute atomic E-state index is 4.51. The monoisotopic (exact) mass is 308 g/mol. The Morgan fingerprint density at radius 2 is 1.93 bits per heavy atom. The molecular formula is C12H9IN2. The van der Waals surface area contributed by atoms with E-state index in [0.717, 1.165) is 9.35 Å². The molecule has 3 aromatic rings. The van der Waals surface area contributed by atoms with Crippen LogP contribution in [0.2, 0.25) is 0 Å². The highest BCUT2D eigenvalue weighted by Gasteiger charge is 2.07. The average molecular weight is 308 g/mol. The zero-order chi connectivity index (χ0) is 10.4. The molecule has 0 aliphatic carbocycles. The predicted octanol–water partition coefficient (Wildman–Crippen LogP) is 3.33. The van der Waals surface area contributed by atoms with Crippen LogP contribution in [0.25, 0.3) is 21.8 Å². The van der Waals surface area contributed by atoms with Gasteiger partial charge in [-0.3, -0.25) is 0 Å². The summed E-state index contributed by atoms with van der Waals surface area (Å²) in [4.78, 5) is 4.51. The van der Waals surface area contributed by atoms with Crippen molar-refractivity contribution in [2.45, 2.75) is 0 Å². The van der Waals surface area contributed by atoms with E-state index in [1.54, 1.807) is 0 Å². The van der Waals surface area contributed by atoms with Gasteiger partial charge in [0.15, 0.2) is 3.83 Å². The van der Waals surface area contributed by atoms with Crippen LogP contribution < -0.4 is 0 Å². The maximum Gasteiger partial charge on any atom is 0.172 e. The molecule has 0 unspecified atom stereocenters. The van der Waals surface area contributed by atoms with Crippen molar-refractivity contribution < 1.29 is 0 Å². The summed E-state index contributed by atoms with van der Waals surface area (Å²) in [6.07, 6.45) is 0. The van der Waals surface area contributed by atoms with Crippen molar-refractivity contribution in [1.29, 1.82) is 0 Å². The second-order valence-corrected chi connectivity index (χ2v) is 4.56. The van der Waals surface area contributed by atoms with Crippen molar-refractivity contribution >= 4 is 44.4 Å². The molecule has 0 aliphatic heterocycles. The van der Waals surface area contributed by atoms with E-state index in [1.165, 1.54) is 16.3 Å². The van der Waals surface area contributed by atoms with Gasteiger partial charge in [0.2, 0.25) is 0 Å². The first kappa shape index (κ1) is 9.15. The molecule has 0 bridgehead atoms. The van der Waals surface area contributed by atoms with Crippen LogP contribution in [0, 0.1) is 3.83 Å². The molecular weight excluding hydrogens is 299 g/mol. The third-order valence-electron chi connectivity index (χ3n) is 2.70. The Kier molecular flexibility index (Phi) is 1.95. The molecule has 0 atom stereocenters. The predicted molar refractivity (Wildman–Crippen MR) is 70.9 cm³/mol. The topological polar surface area (TPSA) is 17.8 Å². The molecule has 0 fully saturated rings. The van der Waals surface area contributed by atoms with Crippen LogP contribution in [0.4, 0.5) is 0 Å². The van der Waals surface area contributed by atoms with Gasteiger partial charge in [0.1, 0.15) is 0 Å². The van der Waals surface area contributed by atoms with Gasteiger partial charge in [-0.1, -0.05) is 30.3 Å². The number of rotatable bonds is 0. The van der Waals surface area contributed by atoms with E-state index in [9.17, 15) is 0 Å². The van der Waals surface area contributed by atoms with Crippen LogP contribution >= 0.6 is 22.6 Å². The number of nitrogens with zero attached hydrogens (tertiary/aromatic N) is 2. The van der Waals surface area contributed by atoms with E-state index in [1.807, 2.05) is 0 Å². The van der Waals surface area contributed by atoms with Crippen LogP contribution in [0.1, 0.15) is 0 Å². The van der Waals surface area contributed by atoms with Gasteiger partial charge in [-0.25, -0.2) is 4.98 Å². The summed E-state index contributed by atoms with van der Waals surface area (Å²) in [7, 11) is 2.06. The van der Waals surface area contributed by atoms with E-state index in [2.05, 4.69) is 75.6 Å². The SMILES string of the molecule is Cn1c(I)nc2ccc3ccccc3c21. The number of benzene rings is 2. The molecule has 2 nitrogen and oxygen atoms in total. The van der Waals surface area contributed by atoms with Crippen LogP contribution in [0.15, 0.2) is 36.4 Å². The summed E-state index contributed by atoms with van der Waals surface area (Å²) < 4.78 is 3.16. The highest BCUT2D eigenvalue weighted by atomic mass is 127. The quantitative estimate of drug-likeness (QED) is 0.583. The molecule has 0 N–H and O–H groups in total. The fraction of sp³-hybridized carbons (Fsp3) is 0.0833. The smallest absolute Gasteiger partial charge is 0.172 e. The van der Waals surface area contributed by atoms with Gasteiger partial charge in [-0.05, 0) is 34.0 Å². The lowest BCUT2D eigenvalue weighted by atomic mass is 10.1. The fourth-order valence-corrected chi connectivity index (χ4v) is 2.45. The van der Waals surface area contributed by atoms with E-state index in [4.69, 9.17) is 0 Å². The largest absolute Gasteiger partial charge is 0.322 e. The third kappa shape index (κ3) is 1.26. The lowest BCUT2D eigenvalue weighted by Gasteiger charge is -2.01. The van der Waals surface area contributed by atoms with Gasteiger partial charge < -0.3 is 4.57 Å². The average Bonchev–Trinajstić information content (AvgIpc) is 2.55. The first-order valence-corrected chi connectivity index (χ1v) is 5.85. The summed E-state index contributed by atoms with van der Waals surface area (Å²) in [6, 6.07) is 12.6. The molecule has 1 heterocycles. The molecule has 15 heavy (non-hydrogen) atoms. The Morgan fingerprint density at radius 3 is 2.80 bits per heavy atom. The Hall–Kier alpha value is -1.10. The highest BCUT2D eigenvalue weighted by Crippen LogP contribution is 2.25. The van der Waals surface area contributed by atoms with Gasteiger partial charge in [0, 0.05) is 12.4 Å². The summed E-state index contributed by atoms with van der Waals surface area (Å²) >= 11 is 2.26. The zero-order valence-electron chi connectivity index (χ0n) is 8.24. The van der Waals surface area contributed by atoms with Crippen molar-refractivity contribution in [3.05, 3.63) is 40.2 Å². The first-order chi connectivity index (χ1) is 7.27. The van der Waals surface area contributed by atoms with Gasteiger partial charge >= 0.3 is 0 Å². The summed E-state index contributed by atoms with van der Waals surface area (Å²) in [5.74, 6) is 0. The molecule has 0 aliphatic rings. The minimum Gasteiger partial charge on any atom is -0.322 e. The van der Waals surface area contributed by atoms with Crippen LogP contribution in [-0.4, -0.2) is 9.55 Å². The fourth-order valence-electron chi connectivity index (χ4n) is 1.95. The van der Waals surface area contributed by atoms with Crippen molar-refractivity contribution in [1.82, 2.24) is 9.55 Å². The van der Waals surface area contributed by atoms with Crippen molar-refractivity contribution in [3.8, 4) is 0 Å². The number of fused-ring (bicyclic) bond motifs is 3. The van der Waals surface area contributed by atoms with Gasteiger partial charge in [0.05, 0.1) is 11.0 Å². The van der Waals surface area contributed by atoms with E-state index < -0.39 is 0 Å². The first-order valence-electron chi connectivity index (χ1n) is 4.77. The molecule has 3 heteroatoms. The van der Waals surface area contributed by atoms with Gasteiger partial charge in [-0.15, -0.1) is 0 Å². The van der Waals surface area contributed by atoms with Crippen LogP contribution in [-0.2, 0) is 7.05 Å². The minimum atomic E-state index is 1.03. The van der Waals surface area contributed by atoms with E-state index in [0.29, 0.717) is 0 Å². The second kappa shape index (κ2) is 3.20. The molecule has 74 valence electrons. The highest BCUT2D eigenvalue weighted by molar-refractivity contribution is 14.1. The molecule has 1 aromatic heterocycles. The normalized spacial score (nSPS) is 11.3. The van der Waals surface area contributed by atoms with Crippen molar-refractivity contribution in [3.63, 3.8) is 0 Å². The number of hydrogen-bond donors (Lipinski definition) is 0. The summed E-state index contributed by atoms with van der Waals surface area (Å²) in [6.45, 7) is 0. The molecule has 0 radical (unpaired) electrons. The lowest BCUT2D eigenvalue weighted by Crippen LogP contribution is -1.90. The van der Waals surface area contributed by atoms with Crippen LogP contribution in [0.5, 0.6) is 0 Å². The Balaban J connectivity index is 2.63. The van der Waals surface area contributed by atoms with Gasteiger partial charge in [0.25, 0.3) is 0 Å². The second-order valence-electron chi connectivity index (χ2n) is 3.59. The van der Waals surface area contributed by atoms with E-state index in [-0.39, 0.29) is 0 Å². The Bertz CT molecular complexity index is 655. The van der Waals surface area contributed by atoms with Crippen LogP contribution in [0.3, 0.4) is 0 Å². The number of hydrogen-bond acceptors (Lipinski definition) is 1. The summed E-state index contributed by atoms with van der Waals surface area (Å²) in [5.41, 5.74) is 2.29. The maximum atomic E-state index is 4.51. The third-order valence-corrected chi connectivity index (χ3v) is 3.67. The lowest BCUT2D eigenvalue weighted by molar-refractivity contribution is 0.911. The molecule has 3 rings (SSSR count). The van der Waals surface area contributed by atoms with Gasteiger partial charge in [-0.2, -0.15) is 0 Å². The molecule has 0 spiro atoms. The Labute approximate surface area is 101 Å². The minimum absolute atomic E-state index is 1.03. The van der Waals surface area contributed by atoms with E-state index >= 15 is 0 Å². The molecule has 0 saturated carbocycles. The number of halogens is 1. The number of imidazole rings is 1. The van der Waals surface area contributed by atoms with Crippen molar-refractivity contribution in [2.75, 3.05) is 0 Å². The number of aromatic nitrogens is 2. The zero-order valence-corrected chi connectivity index (χ0v) is 10.4. The summed E-state index contributed by atoms with van der Waals surface area (Å²) in [5, 5.41) is 2.54. The van der Waals surface area contributed by atoms with Crippen molar-refractivity contribution in [2.24, 2.45) is 7.05 Å². The molecule has 0 saturated heterocycles.